The summed E-state index contributed by atoms with van der Waals surface area (Å²) in [7, 11) is -1.37. The van der Waals surface area contributed by atoms with E-state index in [2.05, 4.69) is 50.1 Å². The van der Waals surface area contributed by atoms with Crippen LogP contribution in [0, 0.1) is 17.6 Å². The predicted molar refractivity (Wildman–Crippen MR) is 224 cm³/mol. The van der Waals surface area contributed by atoms with Crippen LogP contribution < -0.4 is 16.1 Å². The lowest BCUT2D eigenvalue weighted by Gasteiger charge is -2.47. The number of hydrogen-bond acceptors (Lipinski definition) is 7. The van der Waals surface area contributed by atoms with E-state index >= 15 is 0 Å². The second kappa shape index (κ2) is 18.8. The lowest BCUT2D eigenvalue weighted by atomic mass is 9.98. The molecule has 4 aromatic carbocycles. The first-order valence-corrected chi connectivity index (χ1v) is 21.6. The Morgan fingerprint density at radius 2 is 1.45 bits per heavy atom. The number of rotatable bonds is 14. The molecule has 0 fully saturated rings. The van der Waals surface area contributed by atoms with Crippen molar-refractivity contribution < 1.29 is 32.6 Å². The molecular formula is C44H55F2N3O5SSi. The molecule has 0 aliphatic carbocycles. The molecule has 1 heterocycles. The molecule has 0 radical (unpaired) electrons. The molecule has 0 spiro atoms. The van der Waals surface area contributed by atoms with Gasteiger partial charge in [-0.2, -0.15) is 5.10 Å². The number of aliphatic carboxylic acids is 1. The number of carboxylic acid groups (broad SMARTS) is 1. The quantitative estimate of drug-likeness (QED) is 0.123. The number of benzene rings is 4. The molecule has 0 aromatic heterocycles. The normalized spacial score (nSPS) is 17.4. The SMILES string of the molecule is CC[C@](C)(O[Si](c1ccccc1)(c1ccccc1)C(C)(C)C)C(=O)O.CO[C@H](C(=O)N1N=C(c2cc(F)ccc2F)S[C@@]1(CCCN)c1ccccc1)C(C)C. The van der Waals surface area contributed by atoms with Crippen LogP contribution in [-0.4, -0.2) is 60.7 Å². The molecule has 0 bridgehead atoms. The van der Waals surface area contributed by atoms with Crippen molar-refractivity contribution in [3.63, 3.8) is 0 Å². The summed E-state index contributed by atoms with van der Waals surface area (Å²) in [5.41, 5.74) is 5.42. The molecule has 8 nitrogen and oxygen atoms in total. The van der Waals surface area contributed by atoms with E-state index in [1.165, 1.54) is 23.9 Å². The lowest BCUT2D eigenvalue weighted by molar-refractivity contribution is -0.154. The minimum atomic E-state index is -2.85. The van der Waals surface area contributed by atoms with E-state index in [0.29, 0.717) is 25.8 Å². The van der Waals surface area contributed by atoms with Crippen LogP contribution in [0.2, 0.25) is 5.04 Å². The topological polar surface area (TPSA) is 114 Å². The minimum absolute atomic E-state index is 0.0202. The molecule has 1 aliphatic heterocycles. The number of carbonyl (C=O) groups is 2. The van der Waals surface area contributed by atoms with Crippen molar-refractivity contribution >= 4 is 47.4 Å². The molecule has 56 heavy (non-hydrogen) atoms. The van der Waals surface area contributed by atoms with E-state index in [9.17, 15) is 23.5 Å². The van der Waals surface area contributed by atoms with Gasteiger partial charge >= 0.3 is 5.97 Å². The van der Waals surface area contributed by atoms with Crippen LogP contribution in [0.1, 0.15) is 78.9 Å². The molecule has 5 rings (SSSR count). The Hall–Kier alpha value is -4.20. The van der Waals surface area contributed by atoms with Crippen LogP contribution in [0.15, 0.2) is 114 Å². The first-order valence-electron chi connectivity index (χ1n) is 18.9. The number of halogens is 2. The average molecular weight is 804 g/mol. The Morgan fingerprint density at radius 1 is 0.911 bits per heavy atom. The van der Waals surface area contributed by atoms with Gasteiger partial charge in [-0.3, -0.25) is 4.79 Å². The van der Waals surface area contributed by atoms with Crippen molar-refractivity contribution in [3.05, 3.63) is 132 Å². The van der Waals surface area contributed by atoms with Gasteiger partial charge in [0.2, 0.25) is 0 Å². The fourth-order valence-electron chi connectivity index (χ4n) is 6.95. The van der Waals surface area contributed by atoms with Gasteiger partial charge in [0.15, 0.2) is 5.60 Å². The van der Waals surface area contributed by atoms with Gasteiger partial charge in [-0.15, -0.1) is 0 Å². The fraction of sp³-hybridized carbons (Fsp3) is 0.386. The summed E-state index contributed by atoms with van der Waals surface area (Å²) in [6, 6.07) is 32.9. The monoisotopic (exact) mass is 803 g/mol. The van der Waals surface area contributed by atoms with Gasteiger partial charge in [0.25, 0.3) is 14.2 Å². The first-order chi connectivity index (χ1) is 26.5. The fourth-order valence-corrected chi connectivity index (χ4v) is 13.2. The van der Waals surface area contributed by atoms with Crippen LogP contribution in [0.25, 0.3) is 0 Å². The van der Waals surface area contributed by atoms with Gasteiger partial charge in [-0.1, -0.05) is 144 Å². The van der Waals surface area contributed by atoms with E-state index in [1.807, 2.05) is 87.5 Å². The van der Waals surface area contributed by atoms with Crippen molar-refractivity contribution in [2.75, 3.05) is 13.7 Å². The second-order valence-corrected chi connectivity index (χ2v) is 20.9. The van der Waals surface area contributed by atoms with E-state index in [4.69, 9.17) is 14.9 Å². The number of nitrogens with two attached hydrogens (primary N) is 1. The summed E-state index contributed by atoms with van der Waals surface area (Å²) >= 11 is 1.24. The molecule has 1 aliphatic rings. The summed E-state index contributed by atoms with van der Waals surface area (Å²) in [4.78, 5) is 24.7. The van der Waals surface area contributed by atoms with E-state index < -0.39 is 42.5 Å². The molecule has 4 aromatic rings. The Balaban J connectivity index is 0.000000255. The summed E-state index contributed by atoms with van der Waals surface area (Å²) in [5.74, 6) is -2.53. The lowest BCUT2D eigenvalue weighted by Crippen LogP contribution is -2.70. The summed E-state index contributed by atoms with van der Waals surface area (Å²) in [6.45, 7) is 14.2. The molecule has 3 atom stereocenters. The van der Waals surface area contributed by atoms with Gasteiger partial charge in [0, 0.05) is 12.7 Å². The minimum Gasteiger partial charge on any atom is -0.479 e. The molecule has 0 unspecified atom stereocenters. The Bertz CT molecular complexity index is 1910. The molecular weight excluding hydrogens is 749 g/mol. The van der Waals surface area contributed by atoms with E-state index in [1.54, 1.807) is 6.92 Å². The maximum atomic E-state index is 14.6. The second-order valence-electron chi connectivity index (χ2n) is 15.4. The third-order valence-corrected chi connectivity index (χ3v) is 16.7. The number of carboxylic acids is 1. The number of amides is 1. The predicted octanol–water partition coefficient (Wildman–Crippen LogP) is 8.28. The molecule has 1 amide bonds. The number of thioether (sulfide) groups is 1. The highest BCUT2D eigenvalue weighted by atomic mass is 32.2. The Kier molecular flexibility index (Phi) is 15.0. The third-order valence-electron chi connectivity index (χ3n) is 10.1. The zero-order chi connectivity index (χ0) is 41.3. The van der Waals surface area contributed by atoms with Gasteiger partial charge in [0.1, 0.15) is 27.7 Å². The number of methoxy groups -OCH3 is 1. The maximum absolute atomic E-state index is 14.6. The molecule has 0 saturated carbocycles. The summed E-state index contributed by atoms with van der Waals surface area (Å²) in [5, 5.41) is 18.0. The largest absolute Gasteiger partial charge is 0.479 e. The highest BCUT2D eigenvalue weighted by Gasteiger charge is 2.55. The number of hydrazone groups is 1. The standard InChI is InChI=1S/C23H27F2N3O2S.C21H28O3Si/c1-15(2)20(30-3)22(29)28-23(12-7-13-26,16-8-5-4-6-9-16)31-21(27-28)18-14-17(24)10-11-19(18)25;1-6-21(5,19(22)23)24-25(20(2,3)4,17-13-9-7-10-14-17)18-15-11-8-12-16-18/h4-6,8-11,14-15,20H,7,12-13,26H2,1-3H3;7-16H,6H2,1-5H3,(H,22,23)/t20-,23-;21-/m00/s1. The van der Waals surface area contributed by atoms with Crippen molar-refractivity contribution in [2.45, 2.75) is 89.3 Å². The average Bonchev–Trinajstić information content (AvgIpc) is 3.58. The van der Waals surface area contributed by atoms with Crippen LogP contribution >= 0.6 is 11.8 Å². The first kappa shape index (κ1) is 44.5. The van der Waals surface area contributed by atoms with Gasteiger partial charge in [0.05, 0.1) is 0 Å². The van der Waals surface area contributed by atoms with Crippen molar-refractivity contribution in [3.8, 4) is 0 Å². The summed E-state index contributed by atoms with van der Waals surface area (Å²) in [6.07, 6.45) is 0.774. The zero-order valence-electron chi connectivity index (χ0n) is 33.6. The van der Waals surface area contributed by atoms with E-state index in [0.717, 1.165) is 34.1 Å². The van der Waals surface area contributed by atoms with Crippen LogP contribution in [-0.2, 0) is 23.6 Å². The van der Waals surface area contributed by atoms with Crippen LogP contribution in [0.5, 0.6) is 0 Å². The summed E-state index contributed by atoms with van der Waals surface area (Å²) < 4.78 is 40.7. The van der Waals surface area contributed by atoms with Crippen LogP contribution in [0.3, 0.4) is 0 Å². The smallest absolute Gasteiger partial charge is 0.334 e. The number of ether oxygens (including phenoxy) is 1. The van der Waals surface area contributed by atoms with Gasteiger partial charge < -0.3 is 20.0 Å². The number of nitrogens with zero attached hydrogens (tertiary/aromatic N) is 2. The number of carbonyl (C=O) groups excluding carboxylic acids is 1. The third kappa shape index (κ3) is 9.32. The highest BCUT2D eigenvalue weighted by Crippen LogP contribution is 2.51. The molecule has 0 saturated heterocycles. The Labute approximate surface area is 335 Å². The van der Waals surface area contributed by atoms with Crippen molar-refractivity contribution in [1.29, 1.82) is 0 Å². The zero-order valence-corrected chi connectivity index (χ0v) is 35.4. The Morgan fingerprint density at radius 3 is 1.89 bits per heavy atom. The molecule has 12 heteroatoms. The van der Waals surface area contributed by atoms with Crippen molar-refractivity contribution in [2.24, 2.45) is 16.8 Å². The van der Waals surface area contributed by atoms with Gasteiger partial charge in [-0.25, -0.2) is 18.6 Å². The van der Waals surface area contributed by atoms with E-state index in [-0.39, 0.29) is 27.5 Å². The molecule has 3 N–H and O–H groups in total. The van der Waals surface area contributed by atoms with Gasteiger partial charge in [-0.05, 0) is 77.8 Å². The maximum Gasteiger partial charge on any atom is 0.334 e. The molecule has 300 valence electrons. The van der Waals surface area contributed by atoms with Crippen molar-refractivity contribution in [1.82, 2.24) is 5.01 Å². The van der Waals surface area contributed by atoms with Crippen LogP contribution in [0.4, 0.5) is 8.78 Å². The highest BCUT2D eigenvalue weighted by molar-refractivity contribution is 8.15. The number of hydrogen-bond donors (Lipinski definition) is 2.